The first kappa shape index (κ1) is 18.9. The topological polar surface area (TPSA) is 54.0 Å². The molecule has 0 unspecified atom stereocenters. The van der Waals surface area contributed by atoms with Gasteiger partial charge in [0.1, 0.15) is 13.2 Å². The Morgan fingerprint density at radius 3 is 2.35 bits per heavy atom. The van der Waals surface area contributed by atoms with Gasteiger partial charge in [-0.3, -0.25) is 0 Å². The zero-order valence-corrected chi connectivity index (χ0v) is 14.2. The van der Waals surface area contributed by atoms with E-state index in [0.29, 0.717) is 24.7 Å². The summed E-state index contributed by atoms with van der Waals surface area (Å²) in [6, 6.07) is 3.86. The minimum absolute atomic E-state index is 0.150. The van der Waals surface area contributed by atoms with Gasteiger partial charge < -0.3 is 18.9 Å². The first-order valence-corrected chi connectivity index (χ1v) is 8.01. The molecule has 1 rings (SSSR count). The lowest BCUT2D eigenvalue weighted by Crippen LogP contribution is -2.11. The summed E-state index contributed by atoms with van der Waals surface area (Å²) in [4.78, 5) is 11.0. The molecule has 5 nitrogen and oxygen atoms in total. The van der Waals surface area contributed by atoms with Gasteiger partial charge in [-0.2, -0.15) is 0 Å². The summed E-state index contributed by atoms with van der Waals surface area (Å²) >= 11 is 0. The fourth-order valence-electron chi connectivity index (χ4n) is 2.10. The van der Waals surface area contributed by atoms with Gasteiger partial charge in [0.15, 0.2) is 11.5 Å². The molecule has 0 fully saturated rings. The Kier molecular flexibility index (Phi) is 8.65. The lowest BCUT2D eigenvalue weighted by Gasteiger charge is -2.18. The molecule has 0 saturated heterocycles. The molecule has 0 aliphatic rings. The van der Waals surface area contributed by atoms with Crippen LogP contribution < -0.4 is 14.2 Å². The number of ether oxygens (including phenoxy) is 4. The molecule has 0 atom stereocenters. The van der Waals surface area contributed by atoms with E-state index in [0.717, 1.165) is 30.2 Å². The van der Waals surface area contributed by atoms with Crippen molar-refractivity contribution < 1.29 is 23.7 Å². The Morgan fingerprint density at radius 2 is 1.74 bits per heavy atom. The molecule has 0 aromatic heterocycles. The number of carbonyl (C=O) groups is 1. The summed E-state index contributed by atoms with van der Waals surface area (Å²) in [7, 11) is 0. The van der Waals surface area contributed by atoms with Gasteiger partial charge in [0.25, 0.3) is 0 Å². The smallest absolute Gasteiger partial charge is 0.330 e. The van der Waals surface area contributed by atoms with E-state index in [2.05, 4.69) is 13.5 Å². The fourth-order valence-corrected chi connectivity index (χ4v) is 2.10. The molecule has 0 spiro atoms. The minimum atomic E-state index is -0.466. The molecule has 0 saturated carbocycles. The molecule has 1 aromatic carbocycles. The van der Waals surface area contributed by atoms with Crippen molar-refractivity contribution in [2.75, 3.05) is 26.4 Å². The molecular formula is C18H26O5. The van der Waals surface area contributed by atoms with Crippen LogP contribution in [-0.4, -0.2) is 32.4 Å². The van der Waals surface area contributed by atoms with E-state index in [1.54, 1.807) is 0 Å². The van der Waals surface area contributed by atoms with Crippen molar-refractivity contribution in [1.29, 1.82) is 0 Å². The van der Waals surface area contributed by atoms with Gasteiger partial charge in [0, 0.05) is 6.08 Å². The summed E-state index contributed by atoms with van der Waals surface area (Å²) in [5, 5.41) is 0. The third-order valence-electron chi connectivity index (χ3n) is 3.01. The van der Waals surface area contributed by atoms with Crippen LogP contribution in [0.4, 0.5) is 0 Å². The van der Waals surface area contributed by atoms with E-state index in [9.17, 15) is 4.79 Å². The third-order valence-corrected chi connectivity index (χ3v) is 3.01. The Balaban J connectivity index is 2.90. The van der Waals surface area contributed by atoms with Crippen molar-refractivity contribution in [2.24, 2.45) is 0 Å². The van der Waals surface area contributed by atoms with Crippen molar-refractivity contribution in [1.82, 2.24) is 0 Å². The van der Waals surface area contributed by atoms with Crippen LogP contribution in [-0.2, 0) is 16.0 Å². The van der Waals surface area contributed by atoms with Crippen LogP contribution in [0.2, 0.25) is 0 Å². The third kappa shape index (κ3) is 5.85. The van der Waals surface area contributed by atoms with Crippen LogP contribution in [0.15, 0.2) is 24.8 Å². The van der Waals surface area contributed by atoms with Crippen molar-refractivity contribution in [2.45, 2.75) is 33.6 Å². The highest BCUT2D eigenvalue weighted by Crippen LogP contribution is 2.41. The van der Waals surface area contributed by atoms with Crippen LogP contribution in [0.3, 0.4) is 0 Å². The van der Waals surface area contributed by atoms with Crippen LogP contribution in [0, 0.1) is 0 Å². The fraction of sp³-hybridized carbons (Fsp3) is 0.500. The molecular weight excluding hydrogens is 296 g/mol. The van der Waals surface area contributed by atoms with Gasteiger partial charge in [0.05, 0.1) is 13.2 Å². The molecule has 0 radical (unpaired) electrons. The summed E-state index contributed by atoms with van der Waals surface area (Å²) in [6.07, 6.45) is 3.05. The minimum Gasteiger partial charge on any atom is -0.490 e. The molecule has 1 aromatic rings. The number of esters is 1. The second-order valence-electron chi connectivity index (χ2n) is 4.72. The second-order valence-corrected chi connectivity index (χ2v) is 4.72. The van der Waals surface area contributed by atoms with E-state index < -0.39 is 5.97 Å². The lowest BCUT2D eigenvalue weighted by atomic mass is 10.1. The average molecular weight is 322 g/mol. The van der Waals surface area contributed by atoms with Gasteiger partial charge >= 0.3 is 5.97 Å². The predicted molar refractivity (Wildman–Crippen MR) is 89.4 cm³/mol. The first-order valence-electron chi connectivity index (χ1n) is 8.01. The monoisotopic (exact) mass is 322 g/mol. The van der Waals surface area contributed by atoms with Gasteiger partial charge in [-0.05, 0) is 31.9 Å². The Bertz CT molecular complexity index is 510. The number of carbonyl (C=O) groups excluding carboxylic acids is 1. The number of aryl methyl sites for hydroxylation is 1. The molecule has 0 aliphatic heterocycles. The number of rotatable bonds is 11. The normalized spacial score (nSPS) is 10.0. The standard InChI is InChI=1S/C18H26O5/c1-5-9-14-10-11-15(22-12-13-23-16(19)6-2)18(21-8-4)17(14)20-7-3/h6,10-11H,2,5,7-9,12-13H2,1,3-4H3. The molecule has 128 valence electrons. The van der Waals surface area contributed by atoms with Crippen LogP contribution in [0.1, 0.15) is 32.8 Å². The summed E-state index contributed by atoms with van der Waals surface area (Å²) in [5.74, 6) is 1.46. The van der Waals surface area contributed by atoms with Gasteiger partial charge in [-0.25, -0.2) is 4.79 Å². The van der Waals surface area contributed by atoms with Crippen molar-refractivity contribution in [3.8, 4) is 17.2 Å². The molecule has 0 bridgehead atoms. The highest BCUT2D eigenvalue weighted by Gasteiger charge is 2.17. The Hall–Kier alpha value is -2.17. The summed E-state index contributed by atoms with van der Waals surface area (Å²) in [6.45, 7) is 10.8. The number of hydrogen-bond donors (Lipinski definition) is 0. The zero-order valence-electron chi connectivity index (χ0n) is 14.2. The summed E-state index contributed by atoms with van der Waals surface area (Å²) < 4.78 is 22.1. The van der Waals surface area contributed by atoms with Crippen LogP contribution >= 0.6 is 0 Å². The first-order chi connectivity index (χ1) is 11.2. The van der Waals surface area contributed by atoms with Gasteiger partial charge in [-0.1, -0.05) is 26.0 Å². The van der Waals surface area contributed by atoms with Crippen LogP contribution in [0.25, 0.3) is 0 Å². The largest absolute Gasteiger partial charge is 0.490 e. The maximum Gasteiger partial charge on any atom is 0.330 e. The van der Waals surface area contributed by atoms with E-state index >= 15 is 0 Å². The maximum absolute atomic E-state index is 11.0. The average Bonchev–Trinajstić information content (AvgIpc) is 2.56. The van der Waals surface area contributed by atoms with Crippen molar-refractivity contribution in [3.05, 3.63) is 30.4 Å². The quantitative estimate of drug-likeness (QED) is 0.354. The van der Waals surface area contributed by atoms with E-state index in [4.69, 9.17) is 18.9 Å². The Morgan fingerprint density at radius 1 is 1.04 bits per heavy atom. The molecule has 0 N–H and O–H groups in total. The van der Waals surface area contributed by atoms with Crippen LogP contribution in [0.5, 0.6) is 17.2 Å². The van der Waals surface area contributed by atoms with Crippen molar-refractivity contribution in [3.63, 3.8) is 0 Å². The second kappa shape index (κ2) is 10.5. The molecule has 0 heterocycles. The lowest BCUT2D eigenvalue weighted by molar-refractivity contribution is -0.138. The SMILES string of the molecule is C=CC(=O)OCCOc1ccc(CCC)c(OCC)c1OCC. The Labute approximate surface area is 138 Å². The molecule has 5 heteroatoms. The molecule has 23 heavy (non-hydrogen) atoms. The number of hydrogen-bond acceptors (Lipinski definition) is 5. The highest BCUT2D eigenvalue weighted by atomic mass is 16.6. The van der Waals surface area contributed by atoms with Crippen molar-refractivity contribution >= 4 is 5.97 Å². The zero-order chi connectivity index (χ0) is 17.1. The number of benzene rings is 1. The molecule has 0 aliphatic carbocycles. The predicted octanol–water partition coefficient (Wildman–Crippen LogP) is 3.54. The molecule has 0 amide bonds. The maximum atomic E-state index is 11.0. The highest BCUT2D eigenvalue weighted by molar-refractivity contribution is 5.81. The van der Waals surface area contributed by atoms with Gasteiger partial charge in [-0.15, -0.1) is 0 Å². The summed E-state index contributed by atoms with van der Waals surface area (Å²) in [5.41, 5.74) is 1.10. The van der Waals surface area contributed by atoms with E-state index in [1.807, 2.05) is 26.0 Å². The van der Waals surface area contributed by atoms with E-state index in [-0.39, 0.29) is 13.2 Å². The van der Waals surface area contributed by atoms with Gasteiger partial charge in [0.2, 0.25) is 5.75 Å². The van der Waals surface area contributed by atoms with E-state index in [1.165, 1.54) is 0 Å².